The second-order valence-electron chi connectivity index (χ2n) is 6.82. The Morgan fingerprint density at radius 1 is 1.29 bits per heavy atom. The molecule has 0 heterocycles. The lowest BCUT2D eigenvalue weighted by atomic mass is 9.82. The first kappa shape index (κ1) is 13.4. The number of ether oxygens (including phenoxy) is 1. The normalized spacial score (nSPS) is 34.2. The van der Waals surface area contributed by atoms with Gasteiger partial charge < -0.3 is 10.1 Å². The SMILES string of the molecule is CNC(CC1CC2CCC1C2)CC(C)(C)OC. The van der Waals surface area contributed by atoms with Gasteiger partial charge >= 0.3 is 0 Å². The van der Waals surface area contributed by atoms with Crippen molar-refractivity contribution < 1.29 is 4.74 Å². The lowest BCUT2D eigenvalue weighted by Gasteiger charge is -2.32. The Bertz CT molecular complexity index is 251. The summed E-state index contributed by atoms with van der Waals surface area (Å²) in [5.74, 6) is 3.10. The summed E-state index contributed by atoms with van der Waals surface area (Å²) in [5.41, 5.74) is 0.00525. The van der Waals surface area contributed by atoms with Gasteiger partial charge in [-0.25, -0.2) is 0 Å². The van der Waals surface area contributed by atoms with Crippen LogP contribution in [-0.2, 0) is 4.74 Å². The Balaban J connectivity index is 1.83. The van der Waals surface area contributed by atoms with Gasteiger partial charge in [-0.15, -0.1) is 0 Å². The third-order valence-electron chi connectivity index (χ3n) is 5.17. The number of fused-ring (bicyclic) bond motifs is 2. The van der Waals surface area contributed by atoms with Crippen LogP contribution in [0.2, 0.25) is 0 Å². The van der Waals surface area contributed by atoms with E-state index < -0.39 is 0 Å². The maximum Gasteiger partial charge on any atom is 0.0637 e. The van der Waals surface area contributed by atoms with Gasteiger partial charge in [0.25, 0.3) is 0 Å². The molecule has 2 heteroatoms. The molecular weight excluding hydrogens is 210 g/mol. The molecule has 100 valence electrons. The molecule has 0 amide bonds. The van der Waals surface area contributed by atoms with Crippen LogP contribution < -0.4 is 5.32 Å². The van der Waals surface area contributed by atoms with Crippen molar-refractivity contribution in [2.75, 3.05) is 14.2 Å². The fourth-order valence-electron chi connectivity index (χ4n) is 4.01. The van der Waals surface area contributed by atoms with E-state index in [0.29, 0.717) is 6.04 Å². The van der Waals surface area contributed by atoms with Crippen LogP contribution in [0, 0.1) is 17.8 Å². The summed E-state index contributed by atoms with van der Waals surface area (Å²) in [6.07, 6.45) is 8.50. The monoisotopic (exact) mass is 239 g/mol. The van der Waals surface area contributed by atoms with Gasteiger partial charge in [-0.2, -0.15) is 0 Å². The average molecular weight is 239 g/mol. The minimum atomic E-state index is 0.00525. The standard InChI is InChI=1S/C15H29NO/c1-15(2,17-4)10-14(16-3)9-13-8-11-5-6-12(13)7-11/h11-14,16H,5-10H2,1-4H3. The van der Waals surface area contributed by atoms with Crippen molar-refractivity contribution in [1.29, 1.82) is 0 Å². The van der Waals surface area contributed by atoms with Crippen LogP contribution in [0.25, 0.3) is 0 Å². The van der Waals surface area contributed by atoms with Crippen LogP contribution in [0.1, 0.15) is 52.4 Å². The van der Waals surface area contributed by atoms with E-state index in [2.05, 4.69) is 26.2 Å². The van der Waals surface area contributed by atoms with Crippen molar-refractivity contribution in [3.05, 3.63) is 0 Å². The Kier molecular flexibility index (Phi) is 4.14. The summed E-state index contributed by atoms with van der Waals surface area (Å²) in [6.45, 7) is 4.39. The topological polar surface area (TPSA) is 21.3 Å². The molecule has 2 saturated carbocycles. The van der Waals surface area contributed by atoms with Crippen molar-refractivity contribution >= 4 is 0 Å². The van der Waals surface area contributed by atoms with Crippen molar-refractivity contribution in [3.63, 3.8) is 0 Å². The van der Waals surface area contributed by atoms with E-state index in [1.165, 1.54) is 32.1 Å². The zero-order valence-electron chi connectivity index (χ0n) is 12.0. The smallest absolute Gasteiger partial charge is 0.0637 e. The van der Waals surface area contributed by atoms with Crippen LogP contribution in [0.4, 0.5) is 0 Å². The molecule has 0 radical (unpaired) electrons. The zero-order valence-corrected chi connectivity index (χ0v) is 12.0. The highest BCUT2D eigenvalue weighted by Crippen LogP contribution is 2.50. The largest absolute Gasteiger partial charge is 0.379 e. The summed E-state index contributed by atoms with van der Waals surface area (Å²) in [6, 6.07) is 0.620. The van der Waals surface area contributed by atoms with E-state index in [-0.39, 0.29) is 5.60 Å². The van der Waals surface area contributed by atoms with E-state index in [1.54, 1.807) is 0 Å². The van der Waals surface area contributed by atoms with Crippen LogP contribution >= 0.6 is 0 Å². The van der Waals surface area contributed by atoms with Gasteiger partial charge in [-0.1, -0.05) is 6.42 Å². The molecule has 2 aliphatic carbocycles. The molecule has 2 aliphatic rings. The number of nitrogens with one attached hydrogen (secondary N) is 1. The van der Waals surface area contributed by atoms with Gasteiger partial charge in [-0.05, 0) is 70.8 Å². The Labute approximate surface area is 107 Å². The van der Waals surface area contributed by atoms with E-state index in [9.17, 15) is 0 Å². The summed E-state index contributed by atoms with van der Waals surface area (Å²) < 4.78 is 5.56. The van der Waals surface area contributed by atoms with Gasteiger partial charge in [0.1, 0.15) is 0 Å². The summed E-state index contributed by atoms with van der Waals surface area (Å²) in [7, 11) is 3.92. The third kappa shape index (κ3) is 3.23. The van der Waals surface area contributed by atoms with Crippen molar-refractivity contribution in [2.45, 2.75) is 64.0 Å². The number of rotatable bonds is 6. The highest BCUT2D eigenvalue weighted by atomic mass is 16.5. The van der Waals surface area contributed by atoms with E-state index >= 15 is 0 Å². The van der Waals surface area contributed by atoms with Crippen LogP contribution in [0.3, 0.4) is 0 Å². The number of hydrogen-bond donors (Lipinski definition) is 1. The molecule has 0 spiro atoms. The molecule has 2 bridgehead atoms. The summed E-state index contributed by atoms with van der Waals surface area (Å²) in [5, 5.41) is 3.50. The first-order chi connectivity index (χ1) is 8.04. The average Bonchev–Trinajstić information content (AvgIpc) is 2.89. The van der Waals surface area contributed by atoms with Gasteiger partial charge in [0.05, 0.1) is 5.60 Å². The molecule has 4 atom stereocenters. The second kappa shape index (κ2) is 5.27. The molecule has 2 rings (SSSR count). The highest BCUT2D eigenvalue weighted by Gasteiger charge is 2.40. The van der Waals surface area contributed by atoms with Crippen LogP contribution in [-0.4, -0.2) is 25.8 Å². The summed E-state index contributed by atoms with van der Waals surface area (Å²) >= 11 is 0. The van der Waals surface area contributed by atoms with Crippen molar-refractivity contribution in [3.8, 4) is 0 Å². The molecule has 2 fully saturated rings. The Morgan fingerprint density at radius 2 is 2.06 bits per heavy atom. The Hall–Kier alpha value is -0.0800. The molecule has 1 N–H and O–H groups in total. The minimum Gasteiger partial charge on any atom is -0.379 e. The third-order valence-corrected chi connectivity index (χ3v) is 5.17. The molecule has 2 nitrogen and oxygen atoms in total. The van der Waals surface area contributed by atoms with Crippen molar-refractivity contribution in [1.82, 2.24) is 5.32 Å². The fraction of sp³-hybridized carbons (Fsp3) is 1.00. The van der Waals surface area contributed by atoms with Gasteiger partial charge in [-0.3, -0.25) is 0 Å². The molecule has 0 aromatic carbocycles. The minimum absolute atomic E-state index is 0.00525. The quantitative estimate of drug-likeness (QED) is 0.768. The number of methoxy groups -OCH3 is 1. The molecule has 4 unspecified atom stereocenters. The van der Waals surface area contributed by atoms with Gasteiger partial charge in [0, 0.05) is 13.2 Å². The predicted octanol–water partition coefficient (Wildman–Crippen LogP) is 3.22. The van der Waals surface area contributed by atoms with Crippen LogP contribution in [0.15, 0.2) is 0 Å². The fourth-order valence-corrected chi connectivity index (χ4v) is 4.01. The maximum atomic E-state index is 5.56. The van der Waals surface area contributed by atoms with E-state index in [1.807, 2.05) is 7.11 Å². The van der Waals surface area contributed by atoms with Crippen LogP contribution in [0.5, 0.6) is 0 Å². The number of hydrogen-bond acceptors (Lipinski definition) is 2. The molecule has 0 aromatic rings. The zero-order chi connectivity index (χ0) is 12.5. The molecular formula is C15H29NO. The molecule has 17 heavy (non-hydrogen) atoms. The van der Waals surface area contributed by atoms with Crippen molar-refractivity contribution in [2.24, 2.45) is 17.8 Å². The van der Waals surface area contributed by atoms with E-state index in [0.717, 1.165) is 24.2 Å². The lowest BCUT2D eigenvalue weighted by molar-refractivity contribution is 0.00490. The van der Waals surface area contributed by atoms with E-state index in [4.69, 9.17) is 4.74 Å². The first-order valence-corrected chi connectivity index (χ1v) is 7.26. The lowest BCUT2D eigenvalue weighted by Crippen LogP contribution is -2.37. The first-order valence-electron chi connectivity index (χ1n) is 7.26. The second-order valence-corrected chi connectivity index (χ2v) is 6.82. The predicted molar refractivity (Wildman–Crippen MR) is 72.1 cm³/mol. The van der Waals surface area contributed by atoms with Gasteiger partial charge in [0.15, 0.2) is 0 Å². The Morgan fingerprint density at radius 3 is 2.53 bits per heavy atom. The maximum absolute atomic E-state index is 5.56. The molecule has 0 aromatic heterocycles. The highest BCUT2D eigenvalue weighted by molar-refractivity contribution is 4.92. The molecule has 0 aliphatic heterocycles. The van der Waals surface area contributed by atoms with Gasteiger partial charge in [0.2, 0.25) is 0 Å². The molecule has 0 saturated heterocycles. The summed E-state index contributed by atoms with van der Waals surface area (Å²) in [4.78, 5) is 0.